The molecule has 21 heavy (non-hydrogen) atoms. The van der Waals surface area contributed by atoms with Crippen molar-refractivity contribution in [1.29, 1.82) is 0 Å². The quantitative estimate of drug-likeness (QED) is 0.483. The van der Waals surface area contributed by atoms with E-state index in [0.717, 1.165) is 5.56 Å². The van der Waals surface area contributed by atoms with E-state index >= 15 is 0 Å². The van der Waals surface area contributed by atoms with E-state index in [2.05, 4.69) is 0 Å². The molecule has 0 aliphatic heterocycles. The Kier molecular flexibility index (Phi) is 9.39. The summed E-state index contributed by atoms with van der Waals surface area (Å²) in [5, 5.41) is 0. The number of carbonyl (C=O) groups is 1. The van der Waals surface area contributed by atoms with Crippen LogP contribution in [0.3, 0.4) is 0 Å². The molecule has 0 spiro atoms. The highest BCUT2D eigenvalue weighted by Gasteiger charge is 2.16. The number of methoxy groups -OCH3 is 1. The lowest BCUT2D eigenvalue weighted by Gasteiger charge is -2.12. The molecule has 0 heterocycles. The number of benzene rings is 1. The van der Waals surface area contributed by atoms with Crippen LogP contribution in [-0.2, 0) is 23.7 Å². The van der Waals surface area contributed by atoms with Crippen molar-refractivity contribution in [3.8, 4) is 0 Å². The van der Waals surface area contributed by atoms with Gasteiger partial charge in [0.15, 0.2) is 0 Å². The smallest absolute Gasteiger partial charge is 0.327 e. The second-order valence-electron chi connectivity index (χ2n) is 4.27. The third-order valence-electron chi connectivity index (χ3n) is 2.69. The largest absolute Gasteiger partial charge is 0.462 e. The molecule has 0 amide bonds. The second-order valence-corrected chi connectivity index (χ2v) is 4.27. The lowest BCUT2D eigenvalue weighted by Crippen LogP contribution is -2.25. The maximum atomic E-state index is 11.7. The monoisotopic (exact) mass is 297 g/mol. The van der Waals surface area contributed by atoms with Crippen molar-refractivity contribution in [2.45, 2.75) is 6.04 Å². The summed E-state index contributed by atoms with van der Waals surface area (Å²) in [4.78, 5) is 11.7. The normalized spacial score (nSPS) is 12.1. The molecule has 1 aromatic carbocycles. The van der Waals surface area contributed by atoms with E-state index in [1.807, 2.05) is 18.2 Å². The minimum absolute atomic E-state index is 0.178. The molecule has 6 nitrogen and oxygen atoms in total. The van der Waals surface area contributed by atoms with Gasteiger partial charge in [-0.15, -0.1) is 0 Å². The third kappa shape index (κ3) is 7.77. The lowest BCUT2D eigenvalue weighted by molar-refractivity contribution is -0.147. The van der Waals surface area contributed by atoms with Crippen LogP contribution in [0, 0.1) is 0 Å². The first-order chi connectivity index (χ1) is 10.3. The number of hydrogen-bond acceptors (Lipinski definition) is 6. The molecule has 0 saturated carbocycles. The Bertz CT molecular complexity index is 385. The van der Waals surface area contributed by atoms with Gasteiger partial charge in [-0.3, -0.25) is 0 Å². The molecular formula is C15H23NO5. The Morgan fingerprint density at radius 3 is 2.19 bits per heavy atom. The summed E-state index contributed by atoms with van der Waals surface area (Å²) in [5.41, 5.74) is 6.53. The molecule has 0 bridgehead atoms. The fourth-order valence-corrected chi connectivity index (χ4v) is 1.55. The van der Waals surface area contributed by atoms with Gasteiger partial charge < -0.3 is 24.7 Å². The number of hydrogen-bond donors (Lipinski definition) is 1. The van der Waals surface area contributed by atoms with Gasteiger partial charge in [0.25, 0.3) is 0 Å². The second kappa shape index (κ2) is 11.2. The van der Waals surface area contributed by atoms with Crippen LogP contribution in [0.25, 0.3) is 0 Å². The highest BCUT2D eigenvalue weighted by Crippen LogP contribution is 2.10. The van der Waals surface area contributed by atoms with Crippen LogP contribution in [-0.4, -0.2) is 52.7 Å². The van der Waals surface area contributed by atoms with Crippen molar-refractivity contribution >= 4 is 5.97 Å². The molecule has 118 valence electrons. The van der Waals surface area contributed by atoms with Gasteiger partial charge in [-0.05, 0) is 5.56 Å². The van der Waals surface area contributed by atoms with Gasteiger partial charge >= 0.3 is 5.97 Å². The SMILES string of the molecule is COCCOCCOCCOC(=O)C(N)c1ccccc1. The van der Waals surface area contributed by atoms with Gasteiger partial charge in [-0.25, -0.2) is 4.79 Å². The van der Waals surface area contributed by atoms with Gasteiger partial charge in [0.05, 0.1) is 33.0 Å². The Labute approximate surface area is 125 Å². The maximum absolute atomic E-state index is 11.7. The third-order valence-corrected chi connectivity index (χ3v) is 2.69. The number of esters is 1. The summed E-state index contributed by atoms with van der Waals surface area (Å²) in [5.74, 6) is -0.457. The van der Waals surface area contributed by atoms with Crippen LogP contribution in [0.1, 0.15) is 11.6 Å². The predicted molar refractivity (Wildman–Crippen MR) is 77.8 cm³/mol. The molecular weight excluding hydrogens is 274 g/mol. The molecule has 1 rings (SSSR count). The van der Waals surface area contributed by atoms with Gasteiger partial charge in [-0.1, -0.05) is 30.3 Å². The molecule has 2 N–H and O–H groups in total. The summed E-state index contributed by atoms with van der Waals surface area (Å²) in [6.45, 7) is 2.54. The van der Waals surface area contributed by atoms with Crippen molar-refractivity contribution in [2.24, 2.45) is 5.73 Å². The van der Waals surface area contributed by atoms with E-state index in [9.17, 15) is 4.79 Å². The topological polar surface area (TPSA) is 80.0 Å². The molecule has 0 aliphatic carbocycles. The summed E-state index contributed by atoms with van der Waals surface area (Å²) in [6, 6.07) is 8.34. The van der Waals surface area contributed by atoms with Crippen LogP contribution in [0.15, 0.2) is 30.3 Å². The molecule has 0 fully saturated rings. The molecule has 0 radical (unpaired) electrons. The first-order valence-corrected chi connectivity index (χ1v) is 6.87. The first kappa shape index (κ1) is 17.6. The van der Waals surface area contributed by atoms with E-state index in [1.165, 1.54) is 0 Å². The summed E-state index contributed by atoms with van der Waals surface area (Å²) in [7, 11) is 1.62. The Morgan fingerprint density at radius 1 is 1.00 bits per heavy atom. The van der Waals surface area contributed by atoms with E-state index in [0.29, 0.717) is 33.0 Å². The minimum atomic E-state index is -0.761. The highest BCUT2D eigenvalue weighted by molar-refractivity contribution is 5.77. The molecule has 6 heteroatoms. The van der Waals surface area contributed by atoms with Gasteiger partial charge in [0.1, 0.15) is 12.6 Å². The van der Waals surface area contributed by atoms with Gasteiger partial charge in [0.2, 0.25) is 0 Å². The minimum Gasteiger partial charge on any atom is -0.462 e. The number of ether oxygens (including phenoxy) is 4. The first-order valence-electron chi connectivity index (χ1n) is 6.87. The molecule has 0 saturated heterocycles. The van der Waals surface area contributed by atoms with Crippen molar-refractivity contribution in [2.75, 3.05) is 46.8 Å². The van der Waals surface area contributed by atoms with Crippen LogP contribution >= 0.6 is 0 Å². The number of rotatable bonds is 11. The Hall–Kier alpha value is -1.47. The predicted octanol–water partition coefficient (Wildman–Crippen LogP) is 0.909. The fraction of sp³-hybridized carbons (Fsp3) is 0.533. The average molecular weight is 297 g/mol. The molecule has 0 aromatic heterocycles. The highest BCUT2D eigenvalue weighted by atomic mass is 16.6. The molecule has 1 unspecified atom stereocenters. The van der Waals surface area contributed by atoms with Crippen molar-refractivity contribution in [3.05, 3.63) is 35.9 Å². The van der Waals surface area contributed by atoms with Crippen LogP contribution in [0.2, 0.25) is 0 Å². The van der Waals surface area contributed by atoms with Crippen LogP contribution in [0.4, 0.5) is 0 Å². The molecule has 1 atom stereocenters. The molecule has 1 aromatic rings. The standard InChI is InChI=1S/C15H23NO5/c1-18-7-8-19-9-10-20-11-12-21-15(17)14(16)13-5-3-2-4-6-13/h2-6,14H,7-12,16H2,1H3. The zero-order valence-electron chi connectivity index (χ0n) is 12.3. The van der Waals surface area contributed by atoms with E-state index in [1.54, 1.807) is 19.2 Å². The average Bonchev–Trinajstić information content (AvgIpc) is 2.53. The van der Waals surface area contributed by atoms with Crippen molar-refractivity contribution in [1.82, 2.24) is 0 Å². The van der Waals surface area contributed by atoms with Gasteiger partial charge in [-0.2, -0.15) is 0 Å². The zero-order chi connectivity index (χ0) is 15.3. The van der Waals surface area contributed by atoms with E-state index in [-0.39, 0.29) is 6.61 Å². The number of nitrogens with two attached hydrogens (primary N) is 1. The number of carbonyl (C=O) groups excluding carboxylic acids is 1. The fourth-order valence-electron chi connectivity index (χ4n) is 1.55. The van der Waals surface area contributed by atoms with Crippen molar-refractivity contribution < 1.29 is 23.7 Å². The Balaban J connectivity index is 2.03. The van der Waals surface area contributed by atoms with E-state index < -0.39 is 12.0 Å². The molecule has 0 aliphatic rings. The maximum Gasteiger partial charge on any atom is 0.327 e. The Morgan fingerprint density at radius 2 is 1.57 bits per heavy atom. The zero-order valence-corrected chi connectivity index (χ0v) is 12.3. The lowest BCUT2D eigenvalue weighted by atomic mass is 10.1. The van der Waals surface area contributed by atoms with E-state index in [4.69, 9.17) is 24.7 Å². The summed E-state index contributed by atoms with van der Waals surface area (Å²) >= 11 is 0. The summed E-state index contributed by atoms with van der Waals surface area (Å²) in [6.07, 6.45) is 0. The van der Waals surface area contributed by atoms with Gasteiger partial charge in [0, 0.05) is 7.11 Å². The van der Waals surface area contributed by atoms with Crippen LogP contribution < -0.4 is 5.73 Å². The summed E-state index contributed by atoms with van der Waals surface area (Å²) < 4.78 is 20.4. The van der Waals surface area contributed by atoms with Crippen molar-refractivity contribution in [3.63, 3.8) is 0 Å². The van der Waals surface area contributed by atoms with Crippen LogP contribution in [0.5, 0.6) is 0 Å².